The second-order valence-electron chi connectivity index (χ2n) is 6.03. The molecular formula is C20H26Cl2N2O6P+. The molecule has 0 aliphatic carbocycles. The quantitative estimate of drug-likeness (QED) is 0.196. The van der Waals surface area contributed by atoms with E-state index in [2.05, 4.69) is 5.32 Å². The third-order valence-corrected chi connectivity index (χ3v) is 4.77. The van der Waals surface area contributed by atoms with Gasteiger partial charge in [0.1, 0.15) is 30.4 Å². The molecule has 0 amide bonds. The maximum atomic E-state index is 10.9. The van der Waals surface area contributed by atoms with Gasteiger partial charge in [0.05, 0.1) is 9.95 Å². The molecule has 0 aliphatic rings. The highest BCUT2D eigenvalue weighted by Crippen LogP contribution is 2.35. The lowest BCUT2D eigenvalue weighted by molar-refractivity contribution is -0.384. The molecule has 0 saturated carbocycles. The summed E-state index contributed by atoms with van der Waals surface area (Å²) in [4.78, 5) is 10.5. The van der Waals surface area contributed by atoms with E-state index in [9.17, 15) is 14.7 Å². The summed E-state index contributed by atoms with van der Waals surface area (Å²) in [6.07, 6.45) is 1.74. The van der Waals surface area contributed by atoms with Crippen molar-refractivity contribution in [3.63, 3.8) is 0 Å². The zero-order chi connectivity index (χ0) is 23.2. The highest BCUT2D eigenvalue weighted by atomic mass is 35.5. The summed E-state index contributed by atoms with van der Waals surface area (Å²) in [6.45, 7) is 7.36. The maximum absolute atomic E-state index is 10.9. The zero-order valence-corrected chi connectivity index (χ0v) is 20.0. The highest BCUT2D eigenvalue weighted by Gasteiger charge is 2.17. The van der Waals surface area contributed by atoms with Crippen LogP contribution in [-0.4, -0.2) is 24.7 Å². The summed E-state index contributed by atoms with van der Waals surface area (Å²) in [5.74, 6) is 0.873. The van der Waals surface area contributed by atoms with Crippen molar-refractivity contribution in [1.29, 1.82) is 0 Å². The Morgan fingerprint density at radius 1 is 1.03 bits per heavy atom. The van der Waals surface area contributed by atoms with Crippen LogP contribution in [0, 0.1) is 10.1 Å². The number of nitrogens with zero attached hydrogens (tertiary/aromatic N) is 1. The predicted octanol–water partition coefficient (Wildman–Crippen LogP) is 7.62. The number of anilines is 1. The van der Waals surface area contributed by atoms with Crippen LogP contribution in [0.4, 0.5) is 11.4 Å². The summed E-state index contributed by atoms with van der Waals surface area (Å²) in [7, 11) is -1.84. The standard InChI is InChI=1S/C14H12Cl2N2O3.C6H14O3P/c1-2-17-12-8-10(4-5-13(12)18(19)20)21-14-6-3-9(15)7-11(14)16;1-3-5-8-10(7)9-6-4-2/h3-8,17H,2H2,1H3;3-6H2,1-2H3/q;+1. The minimum Gasteiger partial charge on any atom is -0.456 e. The van der Waals surface area contributed by atoms with Gasteiger partial charge in [-0.25, -0.2) is 0 Å². The van der Waals surface area contributed by atoms with Gasteiger partial charge in [0.2, 0.25) is 0 Å². The summed E-state index contributed by atoms with van der Waals surface area (Å²) < 4.78 is 25.9. The van der Waals surface area contributed by atoms with E-state index in [1.165, 1.54) is 12.1 Å². The number of nitro benzene ring substituents is 1. The van der Waals surface area contributed by atoms with E-state index in [-0.39, 0.29) is 5.69 Å². The van der Waals surface area contributed by atoms with Crippen molar-refractivity contribution in [2.45, 2.75) is 33.6 Å². The molecule has 0 fully saturated rings. The summed E-state index contributed by atoms with van der Waals surface area (Å²) in [5, 5.41) is 14.7. The second kappa shape index (κ2) is 14.9. The number of nitrogens with one attached hydrogen (secondary N) is 1. The lowest BCUT2D eigenvalue weighted by atomic mass is 10.2. The Bertz CT molecular complexity index is 860. The highest BCUT2D eigenvalue weighted by molar-refractivity contribution is 7.33. The van der Waals surface area contributed by atoms with Crippen molar-refractivity contribution in [3.05, 3.63) is 56.6 Å². The predicted molar refractivity (Wildman–Crippen MR) is 124 cm³/mol. The van der Waals surface area contributed by atoms with E-state index in [1.807, 2.05) is 20.8 Å². The largest absolute Gasteiger partial charge is 0.697 e. The van der Waals surface area contributed by atoms with Crippen molar-refractivity contribution in [2.75, 3.05) is 25.1 Å². The van der Waals surface area contributed by atoms with E-state index < -0.39 is 13.2 Å². The van der Waals surface area contributed by atoms with Crippen LogP contribution in [0.3, 0.4) is 0 Å². The average Bonchev–Trinajstić information content (AvgIpc) is 2.73. The van der Waals surface area contributed by atoms with Crippen LogP contribution in [-0.2, 0) is 13.6 Å². The fourth-order valence-corrected chi connectivity index (χ4v) is 3.31. The number of rotatable bonds is 11. The minimum absolute atomic E-state index is 0.00796. The molecule has 0 aliphatic heterocycles. The van der Waals surface area contributed by atoms with Crippen molar-refractivity contribution >= 4 is 42.8 Å². The third-order valence-electron chi connectivity index (χ3n) is 3.46. The molecule has 0 atom stereocenters. The molecule has 0 bridgehead atoms. The molecule has 31 heavy (non-hydrogen) atoms. The van der Waals surface area contributed by atoms with Gasteiger partial charge in [-0.2, -0.15) is 0 Å². The van der Waals surface area contributed by atoms with Gasteiger partial charge in [-0.3, -0.25) is 10.1 Å². The van der Waals surface area contributed by atoms with Crippen molar-refractivity contribution in [1.82, 2.24) is 0 Å². The first-order valence-electron chi connectivity index (χ1n) is 9.70. The summed E-state index contributed by atoms with van der Waals surface area (Å²) in [5.41, 5.74) is 0.386. The van der Waals surface area contributed by atoms with Gasteiger partial charge in [-0.15, -0.1) is 9.05 Å². The fourth-order valence-electron chi connectivity index (χ4n) is 2.12. The summed E-state index contributed by atoms with van der Waals surface area (Å²) in [6, 6.07) is 9.32. The number of ether oxygens (including phenoxy) is 1. The third kappa shape index (κ3) is 10.3. The van der Waals surface area contributed by atoms with Gasteiger partial charge < -0.3 is 10.1 Å². The molecular weight excluding hydrogens is 466 g/mol. The van der Waals surface area contributed by atoms with E-state index in [1.54, 1.807) is 24.3 Å². The van der Waals surface area contributed by atoms with Crippen LogP contribution < -0.4 is 10.1 Å². The van der Waals surface area contributed by atoms with Gasteiger partial charge in [0, 0.05) is 28.3 Å². The Morgan fingerprint density at radius 2 is 1.68 bits per heavy atom. The molecule has 0 saturated heterocycles. The molecule has 8 nitrogen and oxygen atoms in total. The number of hydrogen-bond donors (Lipinski definition) is 1. The van der Waals surface area contributed by atoms with Crippen molar-refractivity contribution < 1.29 is 23.3 Å². The Balaban J connectivity index is 0.000000407. The average molecular weight is 492 g/mol. The first kappa shape index (κ1) is 27.1. The van der Waals surface area contributed by atoms with Crippen LogP contribution in [0.25, 0.3) is 0 Å². The topological polar surface area (TPSA) is 99.9 Å². The lowest BCUT2D eigenvalue weighted by Crippen LogP contribution is -2.01. The number of hydrogen-bond acceptors (Lipinski definition) is 7. The van der Waals surface area contributed by atoms with Gasteiger partial charge in [-0.1, -0.05) is 37.0 Å². The van der Waals surface area contributed by atoms with E-state index in [0.29, 0.717) is 47.0 Å². The monoisotopic (exact) mass is 491 g/mol. The molecule has 1 N–H and O–H groups in total. The molecule has 2 aromatic carbocycles. The van der Waals surface area contributed by atoms with Crippen LogP contribution in [0.2, 0.25) is 10.0 Å². The SMILES string of the molecule is CCCO[P+](=O)OCCC.CCNc1cc(Oc2ccc(Cl)cc2Cl)ccc1[N+](=O)[O-]. The second-order valence-corrected chi connectivity index (χ2v) is 7.84. The van der Waals surface area contributed by atoms with Gasteiger partial charge in [-0.05, 0) is 44.0 Å². The van der Waals surface area contributed by atoms with Gasteiger partial charge in [0.15, 0.2) is 0 Å². The molecule has 2 aromatic rings. The van der Waals surface area contributed by atoms with Crippen LogP contribution in [0.1, 0.15) is 33.6 Å². The van der Waals surface area contributed by atoms with Gasteiger partial charge >= 0.3 is 8.25 Å². The summed E-state index contributed by atoms with van der Waals surface area (Å²) >= 11 is 11.8. The lowest BCUT2D eigenvalue weighted by Gasteiger charge is -2.10. The Kier molecular flexibility index (Phi) is 13.1. The normalized spacial score (nSPS) is 10.1. The molecule has 0 spiro atoms. The van der Waals surface area contributed by atoms with Crippen LogP contribution in [0.15, 0.2) is 36.4 Å². The van der Waals surface area contributed by atoms with Crippen LogP contribution >= 0.6 is 31.5 Å². The Hall–Kier alpha value is -1.96. The molecule has 2 rings (SSSR count). The molecule has 11 heteroatoms. The van der Waals surface area contributed by atoms with Crippen LogP contribution in [0.5, 0.6) is 11.5 Å². The molecule has 0 unspecified atom stereocenters. The number of halogens is 2. The minimum atomic E-state index is -1.84. The zero-order valence-electron chi connectivity index (χ0n) is 17.6. The Morgan fingerprint density at radius 3 is 2.19 bits per heavy atom. The van der Waals surface area contributed by atoms with E-state index in [0.717, 1.165) is 12.8 Å². The number of benzene rings is 2. The van der Waals surface area contributed by atoms with Crippen molar-refractivity contribution in [3.8, 4) is 11.5 Å². The van der Waals surface area contributed by atoms with E-state index in [4.69, 9.17) is 37.0 Å². The molecule has 0 aromatic heterocycles. The maximum Gasteiger partial charge on any atom is 0.697 e. The molecule has 170 valence electrons. The first-order valence-corrected chi connectivity index (χ1v) is 11.6. The fraction of sp³-hybridized carbons (Fsp3) is 0.400. The number of nitro groups is 1. The first-order chi connectivity index (χ1) is 14.8. The van der Waals surface area contributed by atoms with Crippen molar-refractivity contribution in [2.24, 2.45) is 0 Å². The molecule has 0 radical (unpaired) electrons. The Labute approximate surface area is 192 Å². The molecule has 0 heterocycles. The van der Waals surface area contributed by atoms with E-state index >= 15 is 0 Å². The smallest absolute Gasteiger partial charge is 0.456 e. The van der Waals surface area contributed by atoms with Gasteiger partial charge in [0.25, 0.3) is 5.69 Å².